The minimum absolute atomic E-state index is 0.232. The lowest BCUT2D eigenvalue weighted by Gasteiger charge is -2.07. The summed E-state index contributed by atoms with van der Waals surface area (Å²) in [4.78, 5) is 0. The molecule has 1 aromatic rings. The van der Waals surface area contributed by atoms with E-state index in [1.807, 2.05) is 6.08 Å². The van der Waals surface area contributed by atoms with Crippen LogP contribution in [0.4, 0.5) is 0 Å². The molecule has 0 bridgehead atoms. The van der Waals surface area contributed by atoms with Gasteiger partial charge in [0.15, 0.2) is 0 Å². The van der Waals surface area contributed by atoms with Gasteiger partial charge in [0.25, 0.3) is 0 Å². The second-order valence-electron chi connectivity index (χ2n) is 4.57. The molecule has 0 amide bonds. The molecule has 80 valence electrons. The number of allylic oxidation sites excluding steroid dienone is 1. The van der Waals surface area contributed by atoms with Gasteiger partial charge in [-0.3, -0.25) is 0 Å². The molecule has 0 radical (unpaired) electrons. The molecule has 1 atom stereocenters. The van der Waals surface area contributed by atoms with Crippen molar-refractivity contribution in [2.45, 2.75) is 38.7 Å². The van der Waals surface area contributed by atoms with Gasteiger partial charge in [0.05, 0.1) is 6.10 Å². The van der Waals surface area contributed by atoms with Crippen LogP contribution in [0.3, 0.4) is 0 Å². The topological polar surface area (TPSA) is 20.2 Å². The normalized spacial score (nSPS) is 20.8. The summed E-state index contributed by atoms with van der Waals surface area (Å²) in [6.45, 7) is 4.40. The SMILES string of the molecule is CC(C)c1ccc(C2=CC(O)CC2)cc1. The van der Waals surface area contributed by atoms with Gasteiger partial charge in [-0.1, -0.05) is 44.2 Å². The van der Waals surface area contributed by atoms with Gasteiger partial charge in [0, 0.05) is 0 Å². The average Bonchev–Trinajstić information content (AvgIpc) is 2.65. The van der Waals surface area contributed by atoms with E-state index in [0.29, 0.717) is 5.92 Å². The average molecular weight is 202 g/mol. The van der Waals surface area contributed by atoms with Crippen molar-refractivity contribution in [3.63, 3.8) is 0 Å². The van der Waals surface area contributed by atoms with E-state index in [1.165, 1.54) is 16.7 Å². The Bertz CT molecular complexity index is 359. The van der Waals surface area contributed by atoms with Crippen LogP contribution in [0.2, 0.25) is 0 Å². The van der Waals surface area contributed by atoms with Gasteiger partial charge in [0.1, 0.15) is 0 Å². The summed E-state index contributed by atoms with van der Waals surface area (Å²) in [5.41, 5.74) is 3.92. The molecule has 15 heavy (non-hydrogen) atoms. The third-order valence-corrected chi connectivity index (χ3v) is 3.05. The molecule has 1 unspecified atom stereocenters. The second-order valence-corrected chi connectivity index (χ2v) is 4.57. The lowest BCUT2D eigenvalue weighted by molar-refractivity contribution is 0.223. The predicted octanol–water partition coefficient (Wildman–Crippen LogP) is 3.35. The molecule has 1 N–H and O–H groups in total. The molecular formula is C14H18O. The van der Waals surface area contributed by atoms with E-state index in [0.717, 1.165) is 12.8 Å². The van der Waals surface area contributed by atoms with Gasteiger partial charge in [-0.15, -0.1) is 0 Å². The Hall–Kier alpha value is -1.08. The van der Waals surface area contributed by atoms with Crippen LogP contribution in [-0.2, 0) is 0 Å². The highest BCUT2D eigenvalue weighted by Gasteiger charge is 2.14. The van der Waals surface area contributed by atoms with E-state index < -0.39 is 0 Å². The van der Waals surface area contributed by atoms with Crippen LogP contribution in [-0.4, -0.2) is 11.2 Å². The number of benzene rings is 1. The smallest absolute Gasteiger partial charge is 0.0730 e. The van der Waals surface area contributed by atoms with Crippen LogP contribution in [0.5, 0.6) is 0 Å². The minimum Gasteiger partial charge on any atom is -0.389 e. The maximum Gasteiger partial charge on any atom is 0.0730 e. The highest BCUT2D eigenvalue weighted by Crippen LogP contribution is 2.28. The minimum atomic E-state index is -0.232. The van der Waals surface area contributed by atoms with Crippen molar-refractivity contribution in [3.8, 4) is 0 Å². The van der Waals surface area contributed by atoms with E-state index >= 15 is 0 Å². The Morgan fingerprint density at radius 1 is 1.20 bits per heavy atom. The Morgan fingerprint density at radius 3 is 2.33 bits per heavy atom. The fourth-order valence-corrected chi connectivity index (χ4v) is 2.02. The molecule has 1 nitrogen and oxygen atoms in total. The monoisotopic (exact) mass is 202 g/mol. The summed E-state index contributed by atoms with van der Waals surface area (Å²) < 4.78 is 0. The Labute approximate surface area is 91.4 Å². The number of aliphatic hydroxyl groups excluding tert-OH is 1. The first kappa shape index (κ1) is 10.4. The van der Waals surface area contributed by atoms with Gasteiger partial charge in [0.2, 0.25) is 0 Å². The first-order valence-corrected chi connectivity index (χ1v) is 5.66. The van der Waals surface area contributed by atoms with Gasteiger partial charge in [-0.25, -0.2) is 0 Å². The quantitative estimate of drug-likeness (QED) is 0.779. The first-order chi connectivity index (χ1) is 7.16. The molecule has 2 rings (SSSR count). The lowest BCUT2D eigenvalue weighted by atomic mass is 9.99. The second kappa shape index (κ2) is 4.19. The lowest BCUT2D eigenvalue weighted by Crippen LogP contribution is -1.93. The summed E-state index contributed by atoms with van der Waals surface area (Å²) in [6.07, 6.45) is 3.62. The molecule has 0 heterocycles. The molecule has 1 aliphatic rings. The summed E-state index contributed by atoms with van der Waals surface area (Å²) in [6, 6.07) is 8.70. The zero-order valence-electron chi connectivity index (χ0n) is 9.40. The van der Waals surface area contributed by atoms with Crippen molar-refractivity contribution in [1.82, 2.24) is 0 Å². The van der Waals surface area contributed by atoms with E-state index in [9.17, 15) is 5.11 Å². The van der Waals surface area contributed by atoms with E-state index in [4.69, 9.17) is 0 Å². The number of hydrogen-bond acceptors (Lipinski definition) is 1. The van der Waals surface area contributed by atoms with E-state index in [-0.39, 0.29) is 6.10 Å². The van der Waals surface area contributed by atoms with Crippen molar-refractivity contribution in [2.75, 3.05) is 0 Å². The zero-order valence-corrected chi connectivity index (χ0v) is 9.40. The van der Waals surface area contributed by atoms with E-state index in [2.05, 4.69) is 38.1 Å². The Morgan fingerprint density at radius 2 is 1.87 bits per heavy atom. The van der Waals surface area contributed by atoms with Crippen LogP contribution in [0.15, 0.2) is 30.3 Å². The van der Waals surface area contributed by atoms with Crippen molar-refractivity contribution in [1.29, 1.82) is 0 Å². The molecule has 1 aliphatic carbocycles. The predicted molar refractivity (Wildman–Crippen MR) is 63.7 cm³/mol. The molecular weight excluding hydrogens is 184 g/mol. The fourth-order valence-electron chi connectivity index (χ4n) is 2.02. The molecule has 0 aliphatic heterocycles. The maximum atomic E-state index is 9.43. The van der Waals surface area contributed by atoms with Crippen molar-refractivity contribution in [2.24, 2.45) is 0 Å². The largest absolute Gasteiger partial charge is 0.389 e. The summed E-state index contributed by atoms with van der Waals surface area (Å²) in [7, 11) is 0. The van der Waals surface area contributed by atoms with Crippen LogP contribution in [0, 0.1) is 0 Å². The third-order valence-electron chi connectivity index (χ3n) is 3.05. The fraction of sp³-hybridized carbons (Fsp3) is 0.429. The van der Waals surface area contributed by atoms with Crippen LogP contribution in [0.25, 0.3) is 5.57 Å². The van der Waals surface area contributed by atoms with Crippen LogP contribution < -0.4 is 0 Å². The summed E-state index contributed by atoms with van der Waals surface area (Å²) >= 11 is 0. The number of hydrogen-bond donors (Lipinski definition) is 1. The van der Waals surface area contributed by atoms with E-state index in [1.54, 1.807) is 0 Å². The summed E-state index contributed by atoms with van der Waals surface area (Å²) in [5, 5.41) is 9.43. The maximum absolute atomic E-state index is 9.43. The highest BCUT2D eigenvalue weighted by atomic mass is 16.3. The molecule has 0 spiro atoms. The highest BCUT2D eigenvalue weighted by molar-refractivity contribution is 5.68. The van der Waals surface area contributed by atoms with Crippen molar-refractivity contribution < 1.29 is 5.11 Å². The molecule has 0 aromatic heterocycles. The number of rotatable bonds is 2. The molecule has 0 fully saturated rings. The molecule has 0 saturated carbocycles. The van der Waals surface area contributed by atoms with Crippen LogP contribution >= 0.6 is 0 Å². The number of aliphatic hydroxyl groups is 1. The van der Waals surface area contributed by atoms with Crippen LogP contribution in [0.1, 0.15) is 43.7 Å². The molecule has 1 heteroatoms. The zero-order chi connectivity index (χ0) is 10.8. The van der Waals surface area contributed by atoms with Gasteiger partial charge < -0.3 is 5.11 Å². The van der Waals surface area contributed by atoms with Crippen molar-refractivity contribution >= 4 is 5.57 Å². The Balaban J connectivity index is 2.20. The molecule has 1 aromatic carbocycles. The van der Waals surface area contributed by atoms with Gasteiger partial charge in [-0.2, -0.15) is 0 Å². The standard InChI is InChI=1S/C14H18O/c1-10(2)11-3-5-12(6-4-11)13-7-8-14(15)9-13/h3-6,9-10,14-15H,7-8H2,1-2H3. The molecule has 0 saturated heterocycles. The first-order valence-electron chi connectivity index (χ1n) is 5.66. The van der Waals surface area contributed by atoms with Gasteiger partial charge in [-0.05, 0) is 35.5 Å². The van der Waals surface area contributed by atoms with Gasteiger partial charge >= 0.3 is 0 Å². The summed E-state index contributed by atoms with van der Waals surface area (Å²) in [5.74, 6) is 0.585. The van der Waals surface area contributed by atoms with Crippen molar-refractivity contribution in [3.05, 3.63) is 41.5 Å². The Kier molecular flexibility index (Phi) is 2.92. The third kappa shape index (κ3) is 2.29.